The summed E-state index contributed by atoms with van der Waals surface area (Å²) in [7, 11) is 0. The average Bonchev–Trinajstić information content (AvgIpc) is 3.74. The van der Waals surface area contributed by atoms with E-state index in [1.807, 2.05) is 12.1 Å². The monoisotopic (exact) mass is 789 g/mol. The molecule has 0 atom stereocenters. The predicted octanol–water partition coefficient (Wildman–Crippen LogP) is 17.2. The fourth-order valence-corrected chi connectivity index (χ4v) is 9.44. The third-order valence-electron chi connectivity index (χ3n) is 12.4. The van der Waals surface area contributed by atoms with Crippen molar-refractivity contribution in [3.8, 4) is 44.5 Å². The van der Waals surface area contributed by atoms with Crippen LogP contribution in [0.4, 0.5) is 17.1 Å². The summed E-state index contributed by atoms with van der Waals surface area (Å²) < 4.78 is 6.46. The zero-order valence-corrected chi connectivity index (χ0v) is 33.9. The van der Waals surface area contributed by atoms with Crippen molar-refractivity contribution < 1.29 is 4.42 Å². The minimum absolute atomic E-state index is 0.904. The van der Waals surface area contributed by atoms with Gasteiger partial charge in [-0.2, -0.15) is 0 Å². The summed E-state index contributed by atoms with van der Waals surface area (Å²) in [5.41, 5.74) is 14.4. The van der Waals surface area contributed by atoms with Gasteiger partial charge in [0.1, 0.15) is 11.2 Å². The van der Waals surface area contributed by atoms with Crippen LogP contribution in [0.25, 0.3) is 98.8 Å². The van der Waals surface area contributed by atoms with E-state index in [0.29, 0.717) is 0 Å². The minimum Gasteiger partial charge on any atom is -0.455 e. The first-order valence-corrected chi connectivity index (χ1v) is 21.2. The van der Waals surface area contributed by atoms with E-state index in [2.05, 4.69) is 229 Å². The van der Waals surface area contributed by atoms with Crippen LogP contribution in [-0.4, -0.2) is 0 Å². The van der Waals surface area contributed by atoms with E-state index in [0.717, 1.165) is 55.7 Å². The van der Waals surface area contributed by atoms with E-state index >= 15 is 0 Å². The molecule has 11 aromatic carbocycles. The van der Waals surface area contributed by atoms with Crippen LogP contribution >= 0.6 is 0 Å². The normalized spacial score (nSPS) is 11.5. The quantitative estimate of drug-likeness (QED) is 0.150. The second kappa shape index (κ2) is 14.8. The highest BCUT2D eigenvalue weighted by Crippen LogP contribution is 2.43. The summed E-state index contributed by atoms with van der Waals surface area (Å²) in [6.45, 7) is 0. The molecule has 0 saturated heterocycles. The lowest BCUT2D eigenvalue weighted by atomic mass is 9.93. The molecule has 0 amide bonds. The van der Waals surface area contributed by atoms with Gasteiger partial charge in [-0.05, 0) is 132 Å². The zero-order valence-electron chi connectivity index (χ0n) is 33.9. The average molecular weight is 790 g/mol. The van der Waals surface area contributed by atoms with Crippen molar-refractivity contribution in [2.75, 3.05) is 4.90 Å². The van der Waals surface area contributed by atoms with Gasteiger partial charge in [0.25, 0.3) is 0 Å². The molecule has 0 saturated carbocycles. The molecule has 12 rings (SSSR count). The number of hydrogen-bond acceptors (Lipinski definition) is 2. The van der Waals surface area contributed by atoms with Crippen molar-refractivity contribution in [2.45, 2.75) is 0 Å². The summed E-state index contributed by atoms with van der Waals surface area (Å²) in [5, 5.41) is 9.80. The number of para-hydroxylation sites is 2. The lowest BCUT2D eigenvalue weighted by Crippen LogP contribution is -2.10. The smallest absolute Gasteiger partial charge is 0.143 e. The van der Waals surface area contributed by atoms with Crippen molar-refractivity contribution in [1.82, 2.24) is 0 Å². The number of anilines is 3. The molecule has 2 nitrogen and oxygen atoms in total. The summed E-state index contributed by atoms with van der Waals surface area (Å²) in [6, 6.07) is 85.5. The molecule has 0 bridgehead atoms. The SMILES string of the molecule is c1ccc(-c2cc(-c3ccccc3)cc(-c3ccc(N(c4ccc(-c5cccc6c5oc5ccccc56)cc4)c4ccc5c6ccccc6c6ccccc6c5c4)cc3)c2)cc1. The van der Waals surface area contributed by atoms with Gasteiger partial charge >= 0.3 is 0 Å². The highest BCUT2D eigenvalue weighted by Gasteiger charge is 2.18. The minimum atomic E-state index is 0.904. The molecule has 1 aromatic heterocycles. The number of nitrogens with zero attached hydrogens (tertiary/aromatic N) is 1. The Balaban J connectivity index is 1.01. The first-order valence-electron chi connectivity index (χ1n) is 21.2. The Bertz CT molecular complexity index is 3510. The zero-order chi connectivity index (χ0) is 41.0. The molecule has 0 spiro atoms. The van der Waals surface area contributed by atoms with Gasteiger partial charge < -0.3 is 9.32 Å². The fourth-order valence-electron chi connectivity index (χ4n) is 9.44. The lowest BCUT2D eigenvalue weighted by Gasteiger charge is -2.27. The van der Waals surface area contributed by atoms with Gasteiger partial charge in [0, 0.05) is 33.4 Å². The highest BCUT2D eigenvalue weighted by molar-refractivity contribution is 6.25. The van der Waals surface area contributed by atoms with Gasteiger partial charge in [-0.3, -0.25) is 0 Å². The number of furan rings is 1. The molecule has 0 fully saturated rings. The van der Waals surface area contributed by atoms with Gasteiger partial charge in [-0.15, -0.1) is 0 Å². The Morgan fingerprint density at radius 3 is 1.23 bits per heavy atom. The number of hydrogen-bond donors (Lipinski definition) is 0. The van der Waals surface area contributed by atoms with Crippen LogP contribution in [-0.2, 0) is 0 Å². The predicted molar refractivity (Wildman–Crippen MR) is 263 cm³/mol. The van der Waals surface area contributed by atoms with E-state index in [1.165, 1.54) is 60.1 Å². The molecule has 0 aliphatic heterocycles. The van der Waals surface area contributed by atoms with Gasteiger partial charge in [0.05, 0.1) is 0 Å². The molecular weight excluding hydrogens is 751 g/mol. The Hall–Kier alpha value is -8.20. The van der Waals surface area contributed by atoms with Crippen LogP contribution < -0.4 is 4.90 Å². The molecule has 62 heavy (non-hydrogen) atoms. The number of fused-ring (bicyclic) bond motifs is 9. The van der Waals surface area contributed by atoms with Crippen molar-refractivity contribution in [1.29, 1.82) is 0 Å². The second-order valence-corrected chi connectivity index (χ2v) is 16.1. The van der Waals surface area contributed by atoms with Gasteiger partial charge in [-0.1, -0.05) is 176 Å². The summed E-state index contributed by atoms with van der Waals surface area (Å²) in [5.74, 6) is 0. The maximum atomic E-state index is 6.46. The van der Waals surface area contributed by atoms with Crippen molar-refractivity contribution in [3.05, 3.63) is 237 Å². The molecule has 12 aromatic rings. The third-order valence-corrected chi connectivity index (χ3v) is 12.4. The van der Waals surface area contributed by atoms with Crippen molar-refractivity contribution in [3.63, 3.8) is 0 Å². The fraction of sp³-hybridized carbons (Fsp3) is 0. The maximum Gasteiger partial charge on any atom is 0.143 e. The number of rotatable bonds is 7. The summed E-state index contributed by atoms with van der Waals surface area (Å²) in [6.07, 6.45) is 0. The van der Waals surface area contributed by atoms with E-state index in [1.54, 1.807) is 0 Å². The summed E-state index contributed by atoms with van der Waals surface area (Å²) in [4.78, 5) is 2.38. The maximum absolute atomic E-state index is 6.46. The lowest BCUT2D eigenvalue weighted by molar-refractivity contribution is 0.670. The Morgan fingerprint density at radius 2 is 0.661 bits per heavy atom. The molecule has 0 radical (unpaired) electrons. The van der Waals surface area contributed by atoms with Crippen LogP contribution in [0.2, 0.25) is 0 Å². The van der Waals surface area contributed by atoms with E-state index < -0.39 is 0 Å². The second-order valence-electron chi connectivity index (χ2n) is 16.1. The van der Waals surface area contributed by atoms with Gasteiger partial charge in [-0.25, -0.2) is 0 Å². The first kappa shape index (κ1) is 35.7. The summed E-state index contributed by atoms with van der Waals surface area (Å²) >= 11 is 0. The van der Waals surface area contributed by atoms with E-state index in [4.69, 9.17) is 4.42 Å². The molecule has 290 valence electrons. The van der Waals surface area contributed by atoms with Crippen molar-refractivity contribution in [2.24, 2.45) is 0 Å². The van der Waals surface area contributed by atoms with Crippen LogP contribution in [0.5, 0.6) is 0 Å². The van der Waals surface area contributed by atoms with E-state index in [-0.39, 0.29) is 0 Å². The van der Waals surface area contributed by atoms with E-state index in [9.17, 15) is 0 Å². The molecular formula is C60H39NO. The van der Waals surface area contributed by atoms with Crippen LogP contribution in [0.3, 0.4) is 0 Å². The first-order chi connectivity index (χ1) is 30.7. The molecule has 0 N–H and O–H groups in total. The standard InChI is InChI=1S/C60H39NO/c1-3-14-40(15-4-1)44-36-45(41-16-5-2-6-17-41)38-46(37-44)42-26-30-47(31-27-42)61(49-34-35-55-53-20-8-7-18-51(53)52-19-9-10-21-54(52)58(55)39-49)48-32-28-43(29-33-48)50-23-13-24-57-56-22-11-12-25-59(56)62-60(50)57/h1-39H. The van der Waals surface area contributed by atoms with Crippen molar-refractivity contribution >= 4 is 71.3 Å². The van der Waals surface area contributed by atoms with Crippen LogP contribution in [0.1, 0.15) is 0 Å². The Kier molecular flexibility index (Phi) is 8.53. The number of benzene rings is 11. The molecule has 0 unspecified atom stereocenters. The molecule has 1 heterocycles. The third kappa shape index (κ3) is 6.12. The van der Waals surface area contributed by atoms with Crippen LogP contribution in [0.15, 0.2) is 241 Å². The highest BCUT2D eigenvalue weighted by atomic mass is 16.3. The van der Waals surface area contributed by atoms with Gasteiger partial charge in [0.15, 0.2) is 0 Å². The Morgan fingerprint density at radius 1 is 0.242 bits per heavy atom. The molecule has 0 aliphatic carbocycles. The van der Waals surface area contributed by atoms with Crippen LogP contribution in [0, 0.1) is 0 Å². The Labute approximate surface area is 360 Å². The largest absolute Gasteiger partial charge is 0.455 e. The molecule has 2 heteroatoms. The topological polar surface area (TPSA) is 16.4 Å². The van der Waals surface area contributed by atoms with Gasteiger partial charge in [0.2, 0.25) is 0 Å². The molecule has 0 aliphatic rings.